The second-order valence-corrected chi connectivity index (χ2v) is 2.31. The van der Waals surface area contributed by atoms with Crippen LogP contribution in [0.25, 0.3) is 0 Å². The van der Waals surface area contributed by atoms with Gasteiger partial charge >= 0.3 is 0 Å². The highest BCUT2D eigenvalue weighted by molar-refractivity contribution is 8.03. The predicted molar refractivity (Wildman–Crippen MR) is 34.7 cm³/mol. The monoisotopic (exact) mass is 155 g/mol. The summed E-state index contributed by atoms with van der Waals surface area (Å²) in [6.07, 6.45) is 4.30. The number of tetrazole rings is 1. The first-order valence-electron chi connectivity index (χ1n) is 2.51. The van der Waals surface area contributed by atoms with E-state index in [-0.39, 0.29) is 0 Å². The highest BCUT2D eigenvalue weighted by Crippen LogP contribution is 2.09. The van der Waals surface area contributed by atoms with E-state index in [0.29, 0.717) is 0 Å². The van der Waals surface area contributed by atoms with Crippen LogP contribution < -0.4 is 9.95 Å². The number of nitrogens with one attached hydrogen (secondary N) is 1. The smallest absolute Gasteiger partial charge is 0.248 e. The van der Waals surface area contributed by atoms with Gasteiger partial charge in [-0.05, 0) is 10.4 Å². The van der Waals surface area contributed by atoms with Crippen molar-refractivity contribution in [2.24, 2.45) is 0 Å². The summed E-state index contributed by atoms with van der Waals surface area (Å²) in [5.74, 6) is 0. The lowest BCUT2D eigenvalue weighted by molar-refractivity contribution is 0.599. The van der Waals surface area contributed by atoms with Crippen LogP contribution in [-0.2, 0) is 0 Å². The third-order valence-electron chi connectivity index (χ3n) is 0.889. The number of aromatic nitrogens is 4. The average molecular weight is 155 g/mol. The maximum absolute atomic E-state index is 3.60. The van der Waals surface area contributed by atoms with E-state index in [4.69, 9.17) is 0 Å². The van der Waals surface area contributed by atoms with Gasteiger partial charge in [0.05, 0.1) is 0 Å². The molecule has 0 saturated heterocycles. The van der Waals surface area contributed by atoms with Crippen molar-refractivity contribution in [3.63, 3.8) is 0 Å². The number of hydrogen-bond donors (Lipinski definition) is 1. The third kappa shape index (κ3) is 0.798. The topological polar surface area (TPSA) is 58.9 Å². The molecule has 2 heterocycles. The van der Waals surface area contributed by atoms with Crippen molar-refractivity contribution in [2.75, 3.05) is 4.52 Å². The molecular formula is C3H3N6S. The number of hydrogen-bond acceptors (Lipinski definition) is 6. The van der Waals surface area contributed by atoms with Crippen molar-refractivity contribution < 1.29 is 0 Å². The Kier molecular flexibility index (Phi) is 1.21. The van der Waals surface area contributed by atoms with E-state index in [1.54, 1.807) is 10.7 Å². The van der Waals surface area contributed by atoms with Crippen molar-refractivity contribution in [1.29, 1.82) is 0 Å². The molecule has 1 aliphatic rings. The Bertz CT molecular complexity index is 221. The molecule has 1 aromatic heterocycles. The lowest BCUT2D eigenvalue weighted by Gasteiger charge is -2.12. The van der Waals surface area contributed by atoms with Gasteiger partial charge in [-0.1, -0.05) is 0 Å². The van der Waals surface area contributed by atoms with Crippen molar-refractivity contribution >= 4 is 11.9 Å². The van der Waals surface area contributed by atoms with E-state index in [1.807, 2.05) is 5.41 Å². The summed E-state index contributed by atoms with van der Waals surface area (Å²) in [4.78, 5) is 1.37. The molecule has 51 valence electrons. The van der Waals surface area contributed by atoms with Crippen LogP contribution in [0.1, 0.15) is 0 Å². The predicted octanol–water partition coefficient (Wildman–Crippen LogP) is -0.951. The van der Waals surface area contributed by atoms with Gasteiger partial charge in [0.15, 0.2) is 0 Å². The van der Waals surface area contributed by atoms with Gasteiger partial charge in [0.25, 0.3) is 0 Å². The van der Waals surface area contributed by atoms with Crippen molar-refractivity contribution in [1.82, 2.24) is 25.7 Å². The minimum atomic E-state index is 1.37. The molecule has 0 saturated carbocycles. The molecule has 6 nitrogen and oxygen atoms in total. The lowest BCUT2D eigenvalue weighted by Crippen LogP contribution is -2.34. The maximum Gasteiger partial charge on any atom is 0.248 e. The standard InChI is InChI=1S/C3H3N6S/c1-2-10-9(5-1)8-3-4-6-7-8/h1-2,5H. The Labute approximate surface area is 61.0 Å². The minimum absolute atomic E-state index is 1.37. The molecule has 0 unspecified atom stereocenters. The van der Waals surface area contributed by atoms with E-state index >= 15 is 0 Å². The van der Waals surface area contributed by atoms with Gasteiger partial charge in [-0.3, -0.25) is 5.43 Å². The van der Waals surface area contributed by atoms with E-state index < -0.39 is 0 Å². The molecule has 2 rings (SSSR count). The second kappa shape index (κ2) is 2.18. The Hall–Kier alpha value is -1.24. The van der Waals surface area contributed by atoms with Gasteiger partial charge in [0, 0.05) is 23.6 Å². The highest BCUT2D eigenvalue weighted by atomic mass is 32.2. The fourth-order valence-electron chi connectivity index (χ4n) is 0.527. The van der Waals surface area contributed by atoms with E-state index in [0.717, 1.165) is 0 Å². The lowest BCUT2D eigenvalue weighted by atomic mass is 11.1. The van der Waals surface area contributed by atoms with Crippen LogP contribution in [0.15, 0.2) is 11.6 Å². The van der Waals surface area contributed by atoms with Gasteiger partial charge < -0.3 is 0 Å². The van der Waals surface area contributed by atoms with Gasteiger partial charge in [0.2, 0.25) is 6.33 Å². The average Bonchev–Trinajstić information content (AvgIpc) is 2.59. The van der Waals surface area contributed by atoms with Crippen LogP contribution in [0, 0.1) is 6.33 Å². The molecule has 0 amide bonds. The fourth-order valence-corrected chi connectivity index (χ4v) is 1.04. The van der Waals surface area contributed by atoms with Crippen LogP contribution in [0.4, 0.5) is 0 Å². The number of hydrazine groups is 1. The first-order valence-corrected chi connectivity index (χ1v) is 3.35. The zero-order chi connectivity index (χ0) is 6.81. The summed E-state index contributed by atoms with van der Waals surface area (Å²) < 4.78 is 1.62. The summed E-state index contributed by atoms with van der Waals surface area (Å²) in [5.41, 5.74) is 2.86. The van der Waals surface area contributed by atoms with Crippen molar-refractivity contribution in [3.8, 4) is 0 Å². The molecule has 0 atom stereocenters. The molecule has 0 fully saturated rings. The van der Waals surface area contributed by atoms with Crippen LogP contribution in [0.5, 0.6) is 0 Å². The van der Waals surface area contributed by atoms with E-state index in [1.165, 1.54) is 16.7 Å². The largest absolute Gasteiger partial charge is 0.278 e. The van der Waals surface area contributed by atoms with Crippen molar-refractivity contribution in [2.45, 2.75) is 0 Å². The Morgan fingerprint density at radius 3 is 3.20 bits per heavy atom. The second-order valence-electron chi connectivity index (χ2n) is 1.48. The third-order valence-corrected chi connectivity index (χ3v) is 1.61. The Morgan fingerprint density at radius 2 is 2.60 bits per heavy atom. The first kappa shape index (κ1) is 5.54. The molecule has 7 heteroatoms. The summed E-state index contributed by atoms with van der Waals surface area (Å²) in [6.45, 7) is 0. The zero-order valence-electron chi connectivity index (χ0n) is 4.80. The molecule has 0 aromatic carbocycles. The molecule has 1 N–H and O–H groups in total. The van der Waals surface area contributed by atoms with Gasteiger partial charge in [-0.15, -0.1) is 14.4 Å². The van der Waals surface area contributed by atoms with Crippen LogP contribution in [-0.4, -0.2) is 20.3 Å². The number of nitrogens with zero attached hydrogens (tertiary/aromatic N) is 5. The molecule has 1 radical (unpaired) electrons. The maximum atomic E-state index is 3.60. The van der Waals surface area contributed by atoms with Crippen LogP contribution in [0.3, 0.4) is 0 Å². The summed E-state index contributed by atoms with van der Waals surface area (Å²) >= 11 is 1.43. The van der Waals surface area contributed by atoms with Crippen LogP contribution in [0.2, 0.25) is 0 Å². The SMILES string of the molecule is [c]1nnnn1N1NC=CS1. The molecule has 0 bridgehead atoms. The van der Waals surface area contributed by atoms with Crippen LogP contribution >= 0.6 is 11.9 Å². The number of rotatable bonds is 1. The molecular weight excluding hydrogens is 152 g/mol. The summed E-state index contributed by atoms with van der Waals surface area (Å²) in [5, 5.41) is 12.2. The summed E-state index contributed by atoms with van der Waals surface area (Å²) in [7, 11) is 0. The Morgan fingerprint density at radius 1 is 1.60 bits per heavy atom. The first-order chi connectivity index (χ1) is 4.97. The molecule has 0 spiro atoms. The fraction of sp³-hybridized carbons (Fsp3) is 0. The quantitative estimate of drug-likeness (QED) is 0.527. The molecule has 0 aliphatic carbocycles. The molecule has 10 heavy (non-hydrogen) atoms. The minimum Gasteiger partial charge on any atom is -0.278 e. The van der Waals surface area contributed by atoms with E-state index in [2.05, 4.69) is 27.3 Å². The highest BCUT2D eigenvalue weighted by Gasteiger charge is 2.07. The van der Waals surface area contributed by atoms with Gasteiger partial charge in [-0.2, -0.15) is 0 Å². The normalized spacial score (nSPS) is 15.8. The zero-order valence-corrected chi connectivity index (χ0v) is 5.62. The van der Waals surface area contributed by atoms with Gasteiger partial charge in [0.1, 0.15) is 0 Å². The van der Waals surface area contributed by atoms with Crippen molar-refractivity contribution in [3.05, 3.63) is 17.9 Å². The molecule has 1 aromatic rings. The Balaban J connectivity index is 2.14. The van der Waals surface area contributed by atoms with Gasteiger partial charge in [-0.25, -0.2) is 0 Å². The molecule has 1 aliphatic heterocycles. The van der Waals surface area contributed by atoms with E-state index in [9.17, 15) is 0 Å². The summed E-state index contributed by atoms with van der Waals surface area (Å²) in [6, 6.07) is 0.